The number of fused-ring (bicyclic) bond motifs is 1. The summed E-state index contributed by atoms with van der Waals surface area (Å²) in [6.07, 6.45) is 1.23. The number of hydrogen-bond donors (Lipinski definition) is 1. The molecule has 4 rings (SSSR count). The van der Waals surface area contributed by atoms with E-state index >= 15 is 0 Å². The number of hydrogen-bond acceptors (Lipinski definition) is 7. The predicted octanol–water partition coefficient (Wildman–Crippen LogP) is 3.65. The van der Waals surface area contributed by atoms with Crippen molar-refractivity contribution in [3.05, 3.63) is 66.2 Å². The molecule has 1 N–H and O–H groups in total. The first-order chi connectivity index (χ1) is 16.7. The summed E-state index contributed by atoms with van der Waals surface area (Å²) in [7, 11) is -3.30. The van der Waals surface area contributed by atoms with Gasteiger partial charge in [-0.1, -0.05) is 0 Å². The van der Waals surface area contributed by atoms with Crippen LogP contribution in [0.2, 0.25) is 0 Å². The van der Waals surface area contributed by atoms with E-state index in [0.29, 0.717) is 48.0 Å². The topological polar surface area (TPSA) is 111 Å². The number of rotatable bonds is 8. The third-order valence-electron chi connectivity index (χ3n) is 5.72. The Kier molecular flexibility index (Phi) is 6.82. The fraction of sp³-hybridized carbons (Fsp3) is 0.250. The van der Waals surface area contributed by atoms with Crippen LogP contribution >= 0.6 is 0 Å². The maximum atomic E-state index is 13.3. The Labute approximate surface area is 205 Å². The number of anilines is 2. The van der Waals surface area contributed by atoms with Crippen molar-refractivity contribution in [3.8, 4) is 17.2 Å². The molecular formula is C24H26N2O7S2. The smallest absolute Gasteiger partial charge is 0.264 e. The summed E-state index contributed by atoms with van der Waals surface area (Å²) in [4.78, 5) is 0.168. The van der Waals surface area contributed by atoms with Gasteiger partial charge in [-0.2, -0.15) is 0 Å². The second-order valence-electron chi connectivity index (χ2n) is 7.82. The van der Waals surface area contributed by atoms with E-state index in [-0.39, 0.29) is 9.79 Å². The highest BCUT2D eigenvalue weighted by Gasteiger charge is 2.29. The molecule has 35 heavy (non-hydrogen) atoms. The average Bonchev–Trinajstić information content (AvgIpc) is 2.87. The van der Waals surface area contributed by atoms with Gasteiger partial charge >= 0.3 is 0 Å². The molecule has 186 valence electrons. The summed E-state index contributed by atoms with van der Waals surface area (Å²) in [5.41, 5.74) is 1.60. The van der Waals surface area contributed by atoms with Crippen molar-refractivity contribution in [1.82, 2.24) is 0 Å². The Morgan fingerprint density at radius 1 is 0.771 bits per heavy atom. The van der Waals surface area contributed by atoms with E-state index in [1.165, 1.54) is 56.0 Å². The molecule has 1 aliphatic heterocycles. The number of sulfonamides is 2. The minimum Gasteiger partial charge on any atom is -0.497 e. The lowest BCUT2D eigenvalue weighted by atomic mass is 10.0. The Morgan fingerprint density at radius 2 is 1.46 bits per heavy atom. The maximum absolute atomic E-state index is 13.3. The number of ether oxygens (including phenoxy) is 3. The molecule has 1 aliphatic rings. The highest BCUT2D eigenvalue weighted by Crippen LogP contribution is 2.35. The zero-order valence-electron chi connectivity index (χ0n) is 19.5. The minimum atomic E-state index is -3.92. The molecule has 0 radical (unpaired) electrons. The van der Waals surface area contributed by atoms with Crippen molar-refractivity contribution in [3.63, 3.8) is 0 Å². The molecule has 11 heteroatoms. The van der Waals surface area contributed by atoms with Crippen molar-refractivity contribution >= 4 is 31.4 Å². The van der Waals surface area contributed by atoms with Crippen LogP contribution in [0.25, 0.3) is 0 Å². The van der Waals surface area contributed by atoms with Gasteiger partial charge in [-0.25, -0.2) is 16.8 Å². The number of nitrogens with zero attached hydrogens (tertiary/aromatic N) is 1. The van der Waals surface area contributed by atoms with Gasteiger partial charge in [0.2, 0.25) is 0 Å². The third kappa shape index (κ3) is 4.87. The van der Waals surface area contributed by atoms with Gasteiger partial charge in [-0.05, 0) is 73.0 Å². The lowest BCUT2D eigenvalue weighted by Crippen LogP contribution is -2.35. The molecule has 3 aromatic rings. The Hall–Kier alpha value is -3.44. The van der Waals surface area contributed by atoms with Crippen LogP contribution < -0.4 is 23.2 Å². The quantitative estimate of drug-likeness (QED) is 0.484. The van der Waals surface area contributed by atoms with Crippen molar-refractivity contribution in [2.24, 2.45) is 0 Å². The van der Waals surface area contributed by atoms with Crippen LogP contribution in [0, 0.1) is 0 Å². The van der Waals surface area contributed by atoms with E-state index in [2.05, 4.69) is 4.72 Å². The second-order valence-corrected chi connectivity index (χ2v) is 11.4. The van der Waals surface area contributed by atoms with E-state index in [4.69, 9.17) is 14.2 Å². The van der Waals surface area contributed by atoms with Crippen LogP contribution in [0.1, 0.15) is 12.0 Å². The molecule has 1 heterocycles. The summed E-state index contributed by atoms with van der Waals surface area (Å²) in [5.74, 6) is 1.27. The number of nitrogens with one attached hydrogen (secondary N) is 1. The Balaban J connectivity index is 1.62. The monoisotopic (exact) mass is 518 g/mol. The molecule has 0 fully saturated rings. The maximum Gasteiger partial charge on any atom is 0.264 e. The zero-order chi connectivity index (χ0) is 25.2. The minimum absolute atomic E-state index is 0.0107. The standard InChI is InChI=1S/C24H26N2O7S2/c1-31-19-7-9-20(10-8-19)35(29,30)26-14-4-5-17-15-18(6-12-22(17)26)25-34(27,28)21-11-13-23(32-2)24(16-21)33-3/h6-13,15-16,25H,4-5,14H2,1-3H3. The number of methoxy groups -OCH3 is 3. The van der Waals surface area contributed by atoms with Gasteiger partial charge in [-0.3, -0.25) is 9.03 Å². The molecule has 0 saturated heterocycles. The largest absolute Gasteiger partial charge is 0.497 e. The molecule has 0 atom stereocenters. The molecular weight excluding hydrogens is 492 g/mol. The molecule has 0 saturated carbocycles. The van der Waals surface area contributed by atoms with E-state index in [0.717, 1.165) is 5.56 Å². The third-order valence-corrected chi connectivity index (χ3v) is 8.93. The van der Waals surface area contributed by atoms with Crippen LogP contribution in [0.4, 0.5) is 11.4 Å². The molecule has 0 amide bonds. The molecule has 0 spiro atoms. The first-order valence-electron chi connectivity index (χ1n) is 10.7. The van der Waals surface area contributed by atoms with Gasteiger partial charge < -0.3 is 14.2 Å². The van der Waals surface area contributed by atoms with Crippen molar-refractivity contribution in [2.75, 3.05) is 36.9 Å². The summed E-state index contributed by atoms with van der Waals surface area (Å²) in [6.45, 7) is 0.331. The number of benzene rings is 3. The van der Waals surface area contributed by atoms with E-state index < -0.39 is 20.0 Å². The van der Waals surface area contributed by atoms with Gasteiger partial charge in [-0.15, -0.1) is 0 Å². The van der Waals surface area contributed by atoms with Crippen molar-refractivity contribution in [1.29, 1.82) is 0 Å². The van der Waals surface area contributed by atoms with Gasteiger partial charge in [0, 0.05) is 18.3 Å². The predicted molar refractivity (Wildman–Crippen MR) is 133 cm³/mol. The number of aryl methyl sites for hydroxylation is 1. The summed E-state index contributed by atoms with van der Waals surface area (Å²) in [6, 6.07) is 15.4. The van der Waals surface area contributed by atoms with Crippen LogP contribution in [-0.2, 0) is 26.5 Å². The van der Waals surface area contributed by atoms with Crippen LogP contribution in [0.3, 0.4) is 0 Å². The average molecular weight is 519 g/mol. The first-order valence-corrected chi connectivity index (χ1v) is 13.7. The summed E-state index contributed by atoms with van der Waals surface area (Å²) in [5, 5.41) is 0. The van der Waals surface area contributed by atoms with Crippen molar-refractivity contribution in [2.45, 2.75) is 22.6 Å². The van der Waals surface area contributed by atoms with Gasteiger partial charge in [0.05, 0.1) is 36.8 Å². The van der Waals surface area contributed by atoms with Gasteiger partial charge in [0.15, 0.2) is 11.5 Å². The van der Waals surface area contributed by atoms with Crippen LogP contribution in [0.5, 0.6) is 17.2 Å². The van der Waals surface area contributed by atoms with Crippen molar-refractivity contribution < 1.29 is 31.0 Å². The first kappa shape index (κ1) is 24.7. The van der Waals surface area contributed by atoms with E-state index in [9.17, 15) is 16.8 Å². The van der Waals surface area contributed by atoms with E-state index in [1.54, 1.807) is 30.3 Å². The lowest BCUT2D eigenvalue weighted by Gasteiger charge is -2.31. The van der Waals surface area contributed by atoms with Gasteiger partial charge in [0.1, 0.15) is 5.75 Å². The van der Waals surface area contributed by atoms with E-state index in [1.807, 2.05) is 0 Å². The highest BCUT2D eigenvalue weighted by molar-refractivity contribution is 7.93. The van der Waals surface area contributed by atoms with Crippen LogP contribution in [0.15, 0.2) is 70.5 Å². The zero-order valence-corrected chi connectivity index (χ0v) is 21.1. The highest BCUT2D eigenvalue weighted by atomic mass is 32.2. The Bertz CT molecular complexity index is 1440. The lowest BCUT2D eigenvalue weighted by molar-refractivity contribution is 0.354. The SMILES string of the molecule is COc1ccc(S(=O)(=O)N2CCCc3cc(NS(=O)(=O)c4ccc(OC)c(OC)c4)ccc32)cc1. The summed E-state index contributed by atoms with van der Waals surface area (Å²) >= 11 is 0. The Morgan fingerprint density at radius 3 is 2.11 bits per heavy atom. The molecule has 0 unspecified atom stereocenters. The molecule has 9 nitrogen and oxygen atoms in total. The fourth-order valence-corrected chi connectivity index (χ4v) is 6.55. The molecule has 3 aromatic carbocycles. The summed E-state index contributed by atoms with van der Waals surface area (Å²) < 4.78 is 72.0. The molecule has 0 aliphatic carbocycles. The van der Waals surface area contributed by atoms with Gasteiger partial charge in [0.25, 0.3) is 20.0 Å². The second kappa shape index (κ2) is 9.67. The van der Waals surface area contributed by atoms with Crippen LogP contribution in [-0.4, -0.2) is 44.7 Å². The fourth-order valence-electron chi connectivity index (χ4n) is 3.95. The molecule has 0 aromatic heterocycles. The molecule has 0 bridgehead atoms. The normalized spacial score (nSPS) is 13.6.